The molecule has 0 spiro atoms. The molecular weight excluding hydrogens is 260 g/mol. The number of piperidine rings is 1. The highest BCUT2D eigenvalue weighted by Gasteiger charge is 2.30. The summed E-state index contributed by atoms with van der Waals surface area (Å²) in [6.45, 7) is 6.49. The molecule has 1 saturated heterocycles. The van der Waals surface area contributed by atoms with Crippen molar-refractivity contribution in [2.45, 2.75) is 52.2 Å². The molecular formula is C14H26N2O4. The number of hydrogen-bond acceptors (Lipinski definition) is 3. The molecule has 116 valence electrons. The van der Waals surface area contributed by atoms with Gasteiger partial charge >= 0.3 is 12.0 Å². The average molecular weight is 286 g/mol. The van der Waals surface area contributed by atoms with Gasteiger partial charge in [0.05, 0.1) is 6.10 Å². The highest BCUT2D eigenvalue weighted by molar-refractivity contribution is 5.80. The summed E-state index contributed by atoms with van der Waals surface area (Å²) in [6, 6.07) is -0.293. The van der Waals surface area contributed by atoms with Crippen molar-refractivity contribution >= 4 is 12.0 Å². The van der Waals surface area contributed by atoms with Crippen LogP contribution in [0.1, 0.15) is 40.0 Å². The van der Waals surface area contributed by atoms with Crippen molar-refractivity contribution in [3.63, 3.8) is 0 Å². The Bertz CT molecular complexity index is 338. The van der Waals surface area contributed by atoms with Crippen LogP contribution in [-0.2, 0) is 4.79 Å². The highest BCUT2D eigenvalue weighted by Crippen LogP contribution is 2.22. The van der Waals surface area contributed by atoms with Gasteiger partial charge in [-0.15, -0.1) is 0 Å². The summed E-state index contributed by atoms with van der Waals surface area (Å²) in [7, 11) is 0. The molecule has 0 aromatic rings. The van der Waals surface area contributed by atoms with Crippen LogP contribution in [-0.4, -0.2) is 63.8 Å². The summed E-state index contributed by atoms with van der Waals surface area (Å²) in [6.07, 6.45) is 1.91. The van der Waals surface area contributed by atoms with Gasteiger partial charge in [-0.25, -0.2) is 4.79 Å². The number of likely N-dealkylation sites (tertiary alicyclic amines) is 1. The Morgan fingerprint density at radius 1 is 1.30 bits per heavy atom. The maximum atomic E-state index is 12.4. The van der Waals surface area contributed by atoms with Crippen molar-refractivity contribution in [3.8, 4) is 0 Å². The molecule has 6 nitrogen and oxygen atoms in total. The number of carboxylic acid groups (broad SMARTS) is 1. The third-order valence-electron chi connectivity index (χ3n) is 4.17. The molecule has 1 heterocycles. The molecule has 0 saturated carbocycles. The highest BCUT2D eigenvalue weighted by atomic mass is 16.4. The second-order valence-electron chi connectivity index (χ2n) is 5.63. The fourth-order valence-corrected chi connectivity index (χ4v) is 2.53. The molecule has 20 heavy (non-hydrogen) atoms. The van der Waals surface area contributed by atoms with Crippen LogP contribution in [0.4, 0.5) is 4.79 Å². The van der Waals surface area contributed by atoms with Crippen molar-refractivity contribution < 1.29 is 19.8 Å². The summed E-state index contributed by atoms with van der Waals surface area (Å²) in [5.41, 5.74) is 0. The van der Waals surface area contributed by atoms with Crippen LogP contribution >= 0.6 is 0 Å². The molecule has 2 amide bonds. The Kier molecular flexibility index (Phi) is 6.26. The van der Waals surface area contributed by atoms with Gasteiger partial charge < -0.3 is 20.0 Å². The fourth-order valence-electron chi connectivity index (χ4n) is 2.53. The molecule has 0 aromatic heterocycles. The summed E-state index contributed by atoms with van der Waals surface area (Å²) < 4.78 is 0. The maximum Gasteiger partial charge on any atom is 0.323 e. The maximum absolute atomic E-state index is 12.4. The van der Waals surface area contributed by atoms with E-state index < -0.39 is 5.97 Å². The lowest BCUT2D eigenvalue weighted by Gasteiger charge is -2.38. The van der Waals surface area contributed by atoms with E-state index in [1.165, 1.54) is 4.90 Å². The van der Waals surface area contributed by atoms with Crippen LogP contribution in [0.5, 0.6) is 0 Å². The van der Waals surface area contributed by atoms with E-state index in [1.807, 2.05) is 13.8 Å². The molecule has 1 fully saturated rings. The Morgan fingerprint density at radius 2 is 1.85 bits per heavy atom. The minimum Gasteiger partial charge on any atom is -0.480 e. The lowest BCUT2D eigenvalue weighted by atomic mass is 9.92. The molecule has 0 bridgehead atoms. The topological polar surface area (TPSA) is 81.1 Å². The van der Waals surface area contributed by atoms with Crippen molar-refractivity contribution in [2.75, 3.05) is 19.6 Å². The van der Waals surface area contributed by atoms with Crippen molar-refractivity contribution in [3.05, 3.63) is 0 Å². The Morgan fingerprint density at radius 3 is 2.25 bits per heavy atom. The zero-order valence-corrected chi connectivity index (χ0v) is 12.6. The van der Waals surface area contributed by atoms with Gasteiger partial charge in [0.2, 0.25) is 0 Å². The van der Waals surface area contributed by atoms with Gasteiger partial charge in [-0.3, -0.25) is 4.79 Å². The number of aliphatic hydroxyl groups is 1. The summed E-state index contributed by atoms with van der Waals surface area (Å²) >= 11 is 0. The largest absolute Gasteiger partial charge is 0.480 e. The van der Waals surface area contributed by atoms with Crippen LogP contribution in [0, 0.1) is 5.92 Å². The van der Waals surface area contributed by atoms with Gasteiger partial charge in [-0.2, -0.15) is 0 Å². The SMILES string of the molecule is CCC(C)N(CC(=O)O)C(=O)N1CCC(C(C)O)CC1. The van der Waals surface area contributed by atoms with E-state index in [-0.39, 0.29) is 30.6 Å². The first kappa shape index (κ1) is 16.8. The Balaban J connectivity index is 2.64. The molecule has 6 heteroatoms. The van der Waals surface area contributed by atoms with Crippen molar-refractivity contribution in [2.24, 2.45) is 5.92 Å². The zero-order valence-electron chi connectivity index (χ0n) is 12.6. The smallest absolute Gasteiger partial charge is 0.323 e. The zero-order chi connectivity index (χ0) is 15.3. The van der Waals surface area contributed by atoms with E-state index in [2.05, 4.69) is 0 Å². The van der Waals surface area contributed by atoms with Gasteiger partial charge in [0, 0.05) is 19.1 Å². The summed E-state index contributed by atoms with van der Waals surface area (Å²) in [5.74, 6) is -0.756. The molecule has 2 N–H and O–H groups in total. The van der Waals surface area contributed by atoms with E-state index in [0.29, 0.717) is 13.1 Å². The number of carbonyl (C=O) groups excluding carboxylic acids is 1. The van der Waals surface area contributed by atoms with E-state index >= 15 is 0 Å². The van der Waals surface area contributed by atoms with Crippen molar-refractivity contribution in [1.82, 2.24) is 9.80 Å². The first-order valence-electron chi connectivity index (χ1n) is 7.32. The average Bonchev–Trinajstić information content (AvgIpc) is 2.43. The molecule has 1 aliphatic heterocycles. The number of urea groups is 1. The number of rotatable bonds is 5. The number of amides is 2. The van der Waals surface area contributed by atoms with E-state index in [0.717, 1.165) is 19.3 Å². The molecule has 0 radical (unpaired) electrons. The first-order valence-corrected chi connectivity index (χ1v) is 7.32. The lowest BCUT2D eigenvalue weighted by Crippen LogP contribution is -2.51. The molecule has 0 aliphatic carbocycles. The van der Waals surface area contributed by atoms with Gasteiger partial charge in [0.1, 0.15) is 6.54 Å². The second-order valence-corrected chi connectivity index (χ2v) is 5.63. The normalized spacial score (nSPS) is 19.5. The minimum absolute atomic E-state index is 0.0897. The van der Waals surface area contributed by atoms with Gasteiger partial charge in [-0.1, -0.05) is 6.92 Å². The fraction of sp³-hybridized carbons (Fsp3) is 0.857. The van der Waals surface area contributed by atoms with Crippen molar-refractivity contribution in [1.29, 1.82) is 0 Å². The molecule has 2 unspecified atom stereocenters. The predicted octanol–water partition coefficient (Wildman–Crippen LogP) is 1.38. The predicted molar refractivity (Wildman–Crippen MR) is 75.5 cm³/mol. The first-order chi connectivity index (χ1) is 9.36. The third kappa shape index (κ3) is 4.37. The number of aliphatic hydroxyl groups excluding tert-OH is 1. The minimum atomic E-state index is -0.988. The molecule has 1 rings (SSSR count). The molecule has 1 aliphatic rings. The Labute approximate surface area is 120 Å². The number of hydrogen-bond donors (Lipinski definition) is 2. The number of carbonyl (C=O) groups is 2. The lowest BCUT2D eigenvalue weighted by molar-refractivity contribution is -0.138. The van der Waals surface area contributed by atoms with Gasteiger partial charge in [0.25, 0.3) is 0 Å². The van der Waals surface area contributed by atoms with Crippen LogP contribution < -0.4 is 0 Å². The van der Waals surface area contributed by atoms with Crippen LogP contribution in [0.2, 0.25) is 0 Å². The van der Waals surface area contributed by atoms with Gasteiger partial charge in [0.15, 0.2) is 0 Å². The quantitative estimate of drug-likeness (QED) is 0.800. The van der Waals surface area contributed by atoms with E-state index in [4.69, 9.17) is 5.11 Å². The molecule has 0 aromatic carbocycles. The molecule has 2 atom stereocenters. The number of aliphatic carboxylic acids is 1. The third-order valence-corrected chi connectivity index (χ3v) is 4.17. The standard InChI is InChI=1S/C14H26N2O4/c1-4-10(2)16(9-13(18)19)14(20)15-7-5-12(6-8-15)11(3)17/h10-12,17H,4-9H2,1-3H3,(H,18,19). The van der Waals surface area contributed by atoms with Crippen LogP contribution in [0.3, 0.4) is 0 Å². The van der Waals surface area contributed by atoms with Crippen LogP contribution in [0.25, 0.3) is 0 Å². The van der Waals surface area contributed by atoms with Crippen LogP contribution in [0.15, 0.2) is 0 Å². The second kappa shape index (κ2) is 7.47. The van der Waals surface area contributed by atoms with E-state index in [9.17, 15) is 14.7 Å². The number of carboxylic acids is 1. The monoisotopic (exact) mass is 286 g/mol. The number of nitrogens with zero attached hydrogens (tertiary/aromatic N) is 2. The Hall–Kier alpha value is -1.30. The summed E-state index contributed by atoms with van der Waals surface area (Å²) in [5, 5.41) is 18.5. The van der Waals surface area contributed by atoms with Gasteiger partial charge in [-0.05, 0) is 39.0 Å². The summed E-state index contributed by atoms with van der Waals surface area (Å²) in [4.78, 5) is 26.5. The van der Waals surface area contributed by atoms with E-state index in [1.54, 1.807) is 11.8 Å².